The van der Waals surface area contributed by atoms with E-state index in [2.05, 4.69) is 0 Å². The van der Waals surface area contributed by atoms with Crippen molar-refractivity contribution in [1.29, 1.82) is 0 Å². The van der Waals surface area contributed by atoms with Crippen molar-refractivity contribution in [1.82, 2.24) is 5.32 Å². The maximum Gasteiger partial charge on any atom is 0.415 e. The van der Waals surface area contributed by atoms with Crippen LogP contribution in [0.25, 0.3) is 0 Å². The first kappa shape index (κ1) is 19.8. The Bertz CT molecular complexity index is 721. The average Bonchev–Trinajstić information content (AvgIpc) is 2.35. The molecule has 130 valence electrons. The highest BCUT2D eigenvalue weighted by Gasteiger charge is 2.64. The standard InChI is InChI=1S/C10H7F5INO5S/c11-9(12,13)8(10(14,15)23(20,21)22)17-7(19)4-1-2-5(16)6(18)3-4/h1-3,8,18H,(H,17,19)(H,20,21,22). The minimum absolute atomic E-state index is 0.231. The zero-order valence-corrected chi connectivity index (χ0v) is 13.6. The van der Waals surface area contributed by atoms with E-state index in [1.54, 1.807) is 22.6 Å². The van der Waals surface area contributed by atoms with Gasteiger partial charge in [0.1, 0.15) is 5.75 Å². The molecular weight excluding hydrogens is 468 g/mol. The molecule has 0 fully saturated rings. The van der Waals surface area contributed by atoms with Crippen LogP contribution in [-0.2, 0) is 10.1 Å². The minimum atomic E-state index is -6.45. The van der Waals surface area contributed by atoms with E-state index in [4.69, 9.17) is 4.55 Å². The number of nitrogens with one attached hydrogen (secondary N) is 1. The lowest BCUT2D eigenvalue weighted by atomic mass is 10.2. The van der Waals surface area contributed by atoms with Gasteiger partial charge in [0, 0.05) is 5.56 Å². The van der Waals surface area contributed by atoms with Gasteiger partial charge in [0.25, 0.3) is 5.91 Å². The molecule has 0 aliphatic heterocycles. The zero-order valence-electron chi connectivity index (χ0n) is 10.6. The van der Waals surface area contributed by atoms with Crippen molar-refractivity contribution < 1.29 is 44.8 Å². The lowest BCUT2D eigenvalue weighted by molar-refractivity contribution is -0.191. The molecule has 1 atom stereocenters. The topological polar surface area (TPSA) is 104 Å². The molecule has 23 heavy (non-hydrogen) atoms. The van der Waals surface area contributed by atoms with E-state index in [9.17, 15) is 40.3 Å². The Morgan fingerprint density at radius 2 is 1.74 bits per heavy atom. The van der Waals surface area contributed by atoms with Gasteiger partial charge in [-0.15, -0.1) is 0 Å². The quantitative estimate of drug-likeness (QED) is 0.352. The van der Waals surface area contributed by atoms with Gasteiger partial charge in [-0.2, -0.15) is 30.4 Å². The SMILES string of the molecule is O=C(NC(C(F)(F)F)C(F)(F)S(=O)(=O)O)c1ccc(I)c(O)c1. The van der Waals surface area contributed by atoms with E-state index < -0.39 is 44.8 Å². The fourth-order valence-electron chi connectivity index (χ4n) is 1.37. The van der Waals surface area contributed by atoms with Crippen molar-refractivity contribution in [3.63, 3.8) is 0 Å². The first-order chi connectivity index (χ1) is 10.2. The van der Waals surface area contributed by atoms with Crippen LogP contribution in [0.4, 0.5) is 22.0 Å². The highest BCUT2D eigenvalue weighted by Crippen LogP contribution is 2.36. The molecule has 1 aromatic carbocycles. The summed E-state index contributed by atoms with van der Waals surface area (Å²) >= 11 is 1.63. The highest BCUT2D eigenvalue weighted by atomic mass is 127. The smallest absolute Gasteiger partial charge is 0.415 e. The normalized spacial score (nSPS) is 14.4. The number of phenolic OH excluding ortho intramolecular Hbond substituents is 1. The van der Waals surface area contributed by atoms with Crippen LogP contribution in [0.15, 0.2) is 18.2 Å². The molecule has 1 unspecified atom stereocenters. The third-order valence-corrected chi connectivity index (χ3v) is 4.33. The van der Waals surface area contributed by atoms with Crippen LogP contribution in [0.5, 0.6) is 5.75 Å². The maximum absolute atomic E-state index is 13.3. The number of benzene rings is 1. The fourth-order valence-corrected chi connectivity index (χ4v) is 2.20. The Labute approximate surface area is 139 Å². The second-order valence-electron chi connectivity index (χ2n) is 4.15. The maximum atomic E-state index is 13.3. The zero-order chi connectivity index (χ0) is 18.2. The van der Waals surface area contributed by atoms with Crippen LogP contribution in [-0.4, -0.2) is 41.5 Å². The number of amides is 1. The van der Waals surface area contributed by atoms with Gasteiger partial charge in [-0.05, 0) is 40.8 Å². The lowest BCUT2D eigenvalue weighted by Crippen LogP contribution is -2.59. The molecule has 0 radical (unpaired) electrons. The molecule has 0 aliphatic carbocycles. The highest BCUT2D eigenvalue weighted by molar-refractivity contribution is 14.1. The molecule has 0 aromatic heterocycles. The van der Waals surface area contributed by atoms with E-state index in [1.165, 1.54) is 0 Å². The molecule has 0 saturated carbocycles. The number of hydrogen-bond acceptors (Lipinski definition) is 4. The van der Waals surface area contributed by atoms with Crippen LogP contribution >= 0.6 is 22.6 Å². The number of alkyl halides is 5. The summed E-state index contributed by atoms with van der Waals surface area (Å²) in [5, 5.41) is 4.44. The molecule has 0 heterocycles. The van der Waals surface area contributed by atoms with E-state index in [1.807, 2.05) is 0 Å². The second-order valence-corrected chi connectivity index (χ2v) is 6.81. The Balaban J connectivity index is 3.22. The Kier molecular flexibility index (Phi) is 5.47. The first-order valence-corrected chi connectivity index (χ1v) is 7.90. The van der Waals surface area contributed by atoms with Crippen LogP contribution in [0.3, 0.4) is 0 Å². The molecule has 1 amide bonds. The Morgan fingerprint density at radius 3 is 2.13 bits per heavy atom. The van der Waals surface area contributed by atoms with E-state index >= 15 is 0 Å². The molecule has 0 bridgehead atoms. The van der Waals surface area contributed by atoms with Crippen molar-refractivity contribution in [3.8, 4) is 5.75 Å². The van der Waals surface area contributed by atoms with Crippen molar-refractivity contribution in [2.45, 2.75) is 17.5 Å². The van der Waals surface area contributed by atoms with Gasteiger partial charge >= 0.3 is 21.5 Å². The third kappa shape index (κ3) is 4.41. The molecule has 6 nitrogen and oxygen atoms in total. The number of phenols is 1. The number of carbonyl (C=O) groups excluding carboxylic acids is 1. The summed E-state index contributed by atoms with van der Waals surface area (Å²) < 4.78 is 94.0. The molecule has 13 heteroatoms. The van der Waals surface area contributed by atoms with Crippen LogP contribution < -0.4 is 5.32 Å². The summed E-state index contributed by atoms with van der Waals surface area (Å²) in [6.45, 7) is 0. The third-order valence-electron chi connectivity index (χ3n) is 2.49. The molecule has 3 N–H and O–H groups in total. The fraction of sp³-hybridized carbons (Fsp3) is 0.300. The molecule has 0 spiro atoms. The Morgan fingerprint density at radius 1 is 1.22 bits per heavy atom. The van der Waals surface area contributed by atoms with Gasteiger partial charge in [-0.3, -0.25) is 9.35 Å². The molecule has 1 rings (SSSR count). The predicted octanol–water partition coefficient (Wildman–Crippen LogP) is 2.14. The number of halogens is 6. The Hall–Kier alpha value is -1.22. The van der Waals surface area contributed by atoms with Crippen molar-refractivity contribution >= 4 is 38.6 Å². The molecule has 1 aromatic rings. The monoisotopic (exact) mass is 475 g/mol. The summed E-state index contributed by atoms with van der Waals surface area (Å²) in [4.78, 5) is 11.6. The summed E-state index contributed by atoms with van der Waals surface area (Å²) in [5.41, 5.74) is -0.622. The average molecular weight is 475 g/mol. The number of aromatic hydroxyl groups is 1. The summed E-state index contributed by atoms with van der Waals surface area (Å²) in [6, 6.07) is -1.43. The van der Waals surface area contributed by atoms with Gasteiger partial charge in [-0.1, -0.05) is 0 Å². The summed E-state index contributed by atoms with van der Waals surface area (Å²) in [6.07, 6.45) is -5.87. The van der Waals surface area contributed by atoms with Gasteiger partial charge < -0.3 is 10.4 Å². The minimum Gasteiger partial charge on any atom is -0.507 e. The van der Waals surface area contributed by atoms with Gasteiger partial charge in [0.15, 0.2) is 0 Å². The summed E-state index contributed by atoms with van der Waals surface area (Å²) in [7, 11) is -6.45. The van der Waals surface area contributed by atoms with E-state index in [0.29, 0.717) is 6.07 Å². The van der Waals surface area contributed by atoms with E-state index in [-0.39, 0.29) is 3.57 Å². The van der Waals surface area contributed by atoms with Crippen molar-refractivity contribution in [2.24, 2.45) is 0 Å². The van der Waals surface area contributed by atoms with E-state index in [0.717, 1.165) is 17.4 Å². The summed E-state index contributed by atoms with van der Waals surface area (Å²) in [5.74, 6) is -2.22. The first-order valence-electron chi connectivity index (χ1n) is 5.39. The second kappa shape index (κ2) is 6.35. The predicted molar refractivity (Wildman–Crippen MR) is 74.6 cm³/mol. The van der Waals surface area contributed by atoms with Crippen molar-refractivity contribution in [3.05, 3.63) is 27.3 Å². The molecule has 0 saturated heterocycles. The number of hydrogen-bond donors (Lipinski definition) is 3. The largest absolute Gasteiger partial charge is 0.507 e. The van der Waals surface area contributed by atoms with Crippen LogP contribution in [0.2, 0.25) is 0 Å². The van der Waals surface area contributed by atoms with Gasteiger partial charge in [0.2, 0.25) is 6.04 Å². The van der Waals surface area contributed by atoms with Crippen molar-refractivity contribution in [2.75, 3.05) is 0 Å². The van der Waals surface area contributed by atoms with Crippen LogP contribution in [0.1, 0.15) is 10.4 Å². The van der Waals surface area contributed by atoms with Crippen LogP contribution in [0, 0.1) is 3.57 Å². The lowest BCUT2D eigenvalue weighted by Gasteiger charge is -2.27. The van der Waals surface area contributed by atoms with Gasteiger partial charge in [-0.25, -0.2) is 0 Å². The van der Waals surface area contributed by atoms with Gasteiger partial charge in [0.05, 0.1) is 3.57 Å². The number of carbonyl (C=O) groups is 1. The number of rotatable bonds is 4. The molecular formula is C10H7F5INO5S. The molecule has 0 aliphatic rings.